The second kappa shape index (κ2) is 6.43. The number of nitrogens with one attached hydrogen (secondary N) is 2. The van der Waals surface area contributed by atoms with Gasteiger partial charge in [0.1, 0.15) is 0 Å². The van der Waals surface area contributed by atoms with Crippen molar-refractivity contribution in [1.29, 1.82) is 0 Å². The van der Waals surface area contributed by atoms with Crippen LogP contribution in [0.3, 0.4) is 0 Å². The van der Waals surface area contributed by atoms with E-state index in [2.05, 4.69) is 9.97 Å². The highest BCUT2D eigenvalue weighted by Gasteiger charge is 2.67. The van der Waals surface area contributed by atoms with Crippen molar-refractivity contribution in [1.82, 2.24) is 9.97 Å². The largest absolute Gasteiger partial charge is 0.396 e. The molecule has 0 aliphatic carbocycles. The van der Waals surface area contributed by atoms with Crippen molar-refractivity contribution in [2.24, 2.45) is 0 Å². The molecule has 2 amide bonds. The molecule has 0 bridgehead atoms. The minimum absolute atomic E-state index is 0.274. The molecule has 2 heterocycles. The molecule has 0 aromatic carbocycles. The molecule has 0 aliphatic heterocycles. The van der Waals surface area contributed by atoms with Crippen LogP contribution < -0.4 is 10.6 Å². The Morgan fingerprint density at radius 3 is 1.46 bits per heavy atom. The molecule has 12 heteroatoms. The zero-order valence-electron chi connectivity index (χ0n) is 12.2. The number of nitrogens with zero attached hydrogens (tertiary/aromatic N) is 2. The van der Waals surface area contributed by atoms with Gasteiger partial charge in [-0.2, -0.15) is 17.6 Å². The molecule has 24 heavy (non-hydrogen) atoms. The van der Waals surface area contributed by atoms with E-state index in [1.54, 1.807) is 10.6 Å². The van der Waals surface area contributed by atoms with Gasteiger partial charge in [-0.3, -0.25) is 20.2 Å². The maximum absolute atomic E-state index is 13.8. The molecule has 2 aromatic heterocycles. The summed E-state index contributed by atoms with van der Waals surface area (Å²) in [7, 11) is 0. The van der Waals surface area contributed by atoms with E-state index in [4.69, 9.17) is 0 Å². The van der Waals surface area contributed by atoms with E-state index in [0.717, 1.165) is 22.7 Å². The summed E-state index contributed by atoms with van der Waals surface area (Å²) in [6, 6.07) is 0. The Morgan fingerprint density at radius 1 is 0.875 bits per heavy atom. The van der Waals surface area contributed by atoms with E-state index in [-0.39, 0.29) is 10.3 Å². The Kier molecular flexibility index (Phi) is 4.90. The van der Waals surface area contributed by atoms with E-state index >= 15 is 0 Å². The van der Waals surface area contributed by atoms with Gasteiger partial charge in [0.2, 0.25) is 0 Å². The van der Waals surface area contributed by atoms with E-state index in [1.165, 1.54) is 24.6 Å². The van der Waals surface area contributed by atoms with Crippen molar-refractivity contribution < 1.29 is 27.2 Å². The van der Waals surface area contributed by atoms with E-state index in [1.807, 2.05) is 0 Å². The lowest BCUT2D eigenvalue weighted by atomic mass is 10.1. The molecule has 130 valence electrons. The van der Waals surface area contributed by atoms with Crippen LogP contribution in [0.2, 0.25) is 0 Å². The summed E-state index contributed by atoms with van der Waals surface area (Å²) in [6.07, 6.45) is 0. The van der Waals surface area contributed by atoms with Gasteiger partial charge in [-0.15, -0.1) is 22.7 Å². The second-order valence-corrected chi connectivity index (χ2v) is 6.36. The van der Waals surface area contributed by atoms with Crippen molar-refractivity contribution in [3.63, 3.8) is 0 Å². The predicted molar refractivity (Wildman–Crippen MR) is 80.9 cm³/mol. The smallest absolute Gasteiger partial charge is 0.296 e. The third-order valence-electron chi connectivity index (χ3n) is 2.64. The standard InChI is InChI=1S/C12H10F4N4O2S2/c1-5-3-23-9(17-5)19-7(21)11(13,14)12(15,16)8(22)20-10-18-6(2)4-24-10/h3-4H,1-2H3,(H,17,19,21)(H,18,20,22). The fraction of sp³-hybridized carbons (Fsp3) is 0.333. The number of hydrogen-bond donors (Lipinski definition) is 2. The normalized spacial score (nSPS) is 12.1. The lowest BCUT2D eigenvalue weighted by Crippen LogP contribution is -2.56. The van der Waals surface area contributed by atoms with Gasteiger partial charge < -0.3 is 0 Å². The minimum Gasteiger partial charge on any atom is -0.296 e. The summed E-state index contributed by atoms with van der Waals surface area (Å²) >= 11 is 1.58. The number of amides is 2. The molecule has 0 spiro atoms. The molecule has 0 radical (unpaired) electrons. The van der Waals surface area contributed by atoms with Crippen molar-refractivity contribution in [3.05, 3.63) is 22.1 Å². The number of rotatable bonds is 5. The van der Waals surface area contributed by atoms with Crippen LogP contribution >= 0.6 is 22.7 Å². The molecule has 2 rings (SSSR count). The zero-order chi connectivity index (χ0) is 18.1. The average molecular weight is 382 g/mol. The Hall–Kier alpha value is -2.08. The number of carbonyl (C=O) groups is 2. The monoisotopic (exact) mass is 382 g/mol. The van der Waals surface area contributed by atoms with Crippen molar-refractivity contribution in [2.75, 3.05) is 10.6 Å². The lowest BCUT2D eigenvalue weighted by molar-refractivity contribution is -0.204. The Balaban J connectivity index is 2.14. The first-order valence-corrected chi connectivity index (χ1v) is 8.02. The third-order valence-corrected chi connectivity index (χ3v) is 4.39. The number of alkyl halides is 4. The van der Waals surface area contributed by atoms with Gasteiger partial charge in [-0.25, -0.2) is 9.97 Å². The second-order valence-electron chi connectivity index (χ2n) is 4.65. The van der Waals surface area contributed by atoms with Gasteiger partial charge in [0.25, 0.3) is 0 Å². The highest BCUT2D eigenvalue weighted by atomic mass is 32.1. The summed E-state index contributed by atoms with van der Waals surface area (Å²) in [6.45, 7) is 3.06. The first kappa shape index (κ1) is 18.3. The van der Waals surface area contributed by atoms with Gasteiger partial charge in [-0.05, 0) is 13.8 Å². The summed E-state index contributed by atoms with van der Waals surface area (Å²) in [5, 5.41) is 5.47. The number of thiazole rings is 2. The quantitative estimate of drug-likeness (QED) is 0.779. The zero-order valence-corrected chi connectivity index (χ0v) is 13.8. The average Bonchev–Trinajstić information content (AvgIpc) is 3.07. The molecule has 0 saturated heterocycles. The molecule has 6 nitrogen and oxygen atoms in total. The van der Waals surface area contributed by atoms with Crippen LogP contribution in [-0.4, -0.2) is 33.6 Å². The van der Waals surface area contributed by atoms with E-state index < -0.39 is 23.7 Å². The van der Waals surface area contributed by atoms with Crippen LogP contribution in [0.5, 0.6) is 0 Å². The fourth-order valence-corrected chi connectivity index (χ4v) is 2.83. The predicted octanol–water partition coefficient (Wildman–Crippen LogP) is 3.06. The van der Waals surface area contributed by atoms with Crippen LogP contribution in [0.1, 0.15) is 11.4 Å². The first-order valence-electron chi connectivity index (χ1n) is 6.27. The lowest BCUT2D eigenvalue weighted by Gasteiger charge is -2.23. The van der Waals surface area contributed by atoms with Crippen molar-refractivity contribution in [2.45, 2.75) is 25.7 Å². The number of anilines is 2. The molecule has 0 fully saturated rings. The number of aryl methyl sites for hydroxylation is 2. The molecule has 0 unspecified atom stereocenters. The van der Waals surface area contributed by atoms with Gasteiger partial charge in [0.05, 0.1) is 11.4 Å². The van der Waals surface area contributed by atoms with Gasteiger partial charge >= 0.3 is 23.7 Å². The number of aromatic nitrogens is 2. The van der Waals surface area contributed by atoms with E-state index in [0.29, 0.717) is 11.4 Å². The SMILES string of the molecule is Cc1csc(NC(=O)C(F)(F)C(F)(F)C(=O)Nc2nc(C)cs2)n1. The Bertz CT molecular complexity index is 710. The highest BCUT2D eigenvalue weighted by molar-refractivity contribution is 7.14. The van der Waals surface area contributed by atoms with Crippen LogP contribution in [0.25, 0.3) is 0 Å². The molecule has 0 saturated carbocycles. The molecular weight excluding hydrogens is 372 g/mol. The Labute approximate surface area is 140 Å². The molecule has 2 aromatic rings. The topological polar surface area (TPSA) is 84.0 Å². The highest BCUT2D eigenvalue weighted by Crippen LogP contribution is 2.37. The maximum atomic E-state index is 13.8. The molecule has 0 atom stereocenters. The summed E-state index contributed by atoms with van der Waals surface area (Å²) in [5.41, 5.74) is 0.838. The number of hydrogen-bond acceptors (Lipinski definition) is 6. The van der Waals surface area contributed by atoms with Crippen LogP contribution in [0, 0.1) is 13.8 Å². The van der Waals surface area contributed by atoms with Crippen molar-refractivity contribution >= 4 is 44.8 Å². The third kappa shape index (κ3) is 3.53. The first-order chi connectivity index (χ1) is 11.0. The summed E-state index contributed by atoms with van der Waals surface area (Å²) in [4.78, 5) is 30.3. The molecular formula is C12H10F4N4O2S2. The maximum Gasteiger partial charge on any atom is 0.396 e. The van der Waals surface area contributed by atoms with E-state index in [9.17, 15) is 27.2 Å². The van der Waals surface area contributed by atoms with Crippen LogP contribution in [-0.2, 0) is 9.59 Å². The number of halogens is 4. The molecule has 0 aliphatic rings. The summed E-state index contributed by atoms with van der Waals surface area (Å²) in [5.74, 6) is -15.2. The molecule has 2 N–H and O–H groups in total. The van der Waals surface area contributed by atoms with Gasteiger partial charge in [-0.1, -0.05) is 0 Å². The summed E-state index contributed by atoms with van der Waals surface area (Å²) < 4.78 is 55.1. The fourth-order valence-electron chi connectivity index (χ4n) is 1.46. The number of carbonyl (C=O) groups excluding carboxylic acids is 2. The van der Waals surface area contributed by atoms with Crippen molar-refractivity contribution in [3.8, 4) is 0 Å². The Morgan fingerprint density at radius 2 is 1.21 bits per heavy atom. The van der Waals surface area contributed by atoms with Crippen LogP contribution in [0.4, 0.5) is 27.8 Å². The van der Waals surface area contributed by atoms with Gasteiger partial charge in [0, 0.05) is 10.8 Å². The van der Waals surface area contributed by atoms with Gasteiger partial charge in [0.15, 0.2) is 10.3 Å². The minimum atomic E-state index is -5.27. The van der Waals surface area contributed by atoms with Crippen LogP contribution in [0.15, 0.2) is 10.8 Å².